The number of aromatic carboxylic acids is 1. The molecule has 0 heterocycles. The van der Waals surface area contributed by atoms with Crippen LogP contribution in [0.2, 0.25) is 5.02 Å². The topological polar surface area (TPSA) is 152 Å². The monoisotopic (exact) mass is 488 g/mol. The molecular formula is C24H25ClN2O7. The molecule has 180 valence electrons. The summed E-state index contributed by atoms with van der Waals surface area (Å²) in [4.78, 5) is 11.4. The number of phenolic OH excluding ortho intramolecular Hbond substituents is 2. The van der Waals surface area contributed by atoms with E-state index in [1.54, 1.807) is 31.4 Å². The molecule has 7 N–H and O–H groups in total. The summed E-state index contributed by atoms with van der Waals surface area (Å²) in [6.45, 7) is 1.67. The van der Waals surface area contributed by atoms with Crippen molar-refractivity contribution >= 4 is 23.3 Å². The van der Waals surface area contributed by atoms with Crippen LogP contribution in [-0.2, 0) is 4.74 Å². The zero-order valence-electron chi connectivity index (χ0n) is 18.2. The Kier molecular flexibility index (Phi) is 8.06. The average molecular weight is 489 g/mol. The normalized spacial score (nSPS) is 11.8. The van der Waals surface area contributed by atoms with Gasteiger partial charge in [0.25, 0.3) is 0 Å². The van der Waals surface area contributed by atoms with Crippen molar-refractivity contribution in [1.82, 2.24) is 5.32 Å². The number of rotatable bonds is 10. The highest BCUT2D eigenvalue weighted by Crippen LogP contribution is 2.51. The Morgan fingerprint density at radius 2 is 1.71 bits per heavy atom. The van der Waals surface area contributed by atoms with Crippen LogP contribution in [0.25, 0.3) is 11.1 Å². The number of hydrogen-bond donors (Lipinski definition) is 7. The number of carbonyl (C=O) groups is 1. The SMILES string of the molecule is COC(CNCCNc1cccc(-c2c(O)c(O)c(O)c(C(=O)O)c2O)c1)c1cccc(Cl)c1. The van der Waals surface area contributed by atoms with Crippen molar-refractivity contribution < 1.29 is 35.1 Å². The van der Waals surface area contributed by atoms with Gasteiger partial charge in [-0.1, -0.05) is 35.9 Å². The quantitative estimate of drug-likeness (QED) is 0.128. The maximum atomic E-state index is 11.4. The van der Waals surface area contributed by atoms with E-state index in [4.69, 9.17) is 16.3 Å². The Morgan fingerprint density at radius 1 is 0.971 bits per heavy atom. The number of nitrogens with one attached hydrogen (secondary N) is 2. The van der Waals surface area contributed by atoms with Crippen LogP contribution in [0.5, 0.6) is 23.0 Å². The fourth-order valence-electron chi connectivity index (χ4n) is 3.53. The molecule has 0 aliphatic rings. The molecule has 1 unspecified atom stereocenters. The summed E-state index contributed by atoms with van der Waals surface area (Å²) in [5, 5.41) is 56.6. The molecule has 0 aliphatic heterocycles. The Balaban J connectivity index is 1.66. The third kappa shape index (κ3) is 5.45. The van der Waals surface area contributed by atoms with Gasteiger partial charge in [0, 0.05) is 37.5 Å². The number of anilines is 1. The summed E-state index contributed by atoms with van der Waals surface area (Å²) in [5.74, 6) is -5.48. The summed E-state index contributed by atoms with van der Waals surface area (Å²) in [6, 6.07) is 13.9. The van der Waals surface area contributed by atoms with Gasteiger partial charge in [-0.3, -0.25) is 0 Å². The maximum absolute atomic E-state index is 11.4. The largest absolute Gasteiger partial charge is 0.506 e. The van der Waals surface area contributed by atoms with Crippen molar-refractivity contribution in [3.8, 4) is 34.1 Å². The van der Waals surface area contributed by atoms with Crippen molar-refractivity contribution in [2.45, 2.75) is 6.10 Å². The molecule has 0 amide bonds. The molecule has 3 aromatic rings. The van der Waals surface area contributed by atoms with Crippen molar-refractivity contribution in [3.05, 3.63) is 64.7 Å². The smallest absolute Gasteiger partial charge is 0.343 e. The first-order valence-electron chi connectivity index (χ1n) is 10.3. The molecule has 0 aromatic heterocycles. The lowest BCUT2D eigenvalue weighted by Crippen LogP contribution is -2.27. The van der Waals surface area contributed by atoms with E-state index in [1.807, 2.05) is 18.2 Å². The number of methoxy groups -OCH3 is 1. The van der Waals surface area contributed by atoms with E-state index in [1.165, 1.54) is 6.07 Å². The lowest BCUT2D eigenvalue weighted by Gasteiger charge is -2.17. The molecule has 3 aromatic carbocycles. The van der Waals surface area contributed by atoms with E-state index in [9.17, 15) is 30.3 Å². The predicted molar refractivity (Wildman–Crippen MR) is 128 cm³/mol. The molecule has 0 bridgehead atoms. The minimum atomic E-state index is -1.65. The first kappa shape index (κ1) is 25.0. The summed E-state index contributed by atoms with van der Waals surface area (Å²) in [6.07, 6.45) is -0.168. The van der Waals surface area contributed by atoms with Crippen molar-refractivity contribution in [3.63, 3.8) is 0 Å². The highest BCUT2D eigenvalue weighted by molar-refractivity contribution is 6.30. The summed E-state index contributed by atoms with van der Waals surface area (Å²) in [5.41, 5.74) is 0.617. The van der Waals surface area contributed by atoms with Crippen LogP contribution in [-0.4, -0.2) is 58.2 Å². The minimum absolute atomic E-state index is 0.168. The van der Waals surface area contributed by atoms with E-state index in [-0.39, 0.29) is 17.2 Å². The molecule has 0 aliphatic carbocycles. The van der Waals surface area contributed by atoms with Crippen LogP contribution in [0.4, 0.5) is 5.69 Å². The number of halogens is 1. The first-order valence-corrected chi connectivity index (χ1v) is 10.7. The average Bonchev–Trinajstić information content (AvgIpc) is 2.80. The van der Waals surface area contributed by atoms with Gasteiger partial charge in [0.1, 0.15) is 11.3 Å². The zero-order valence-corrected chi connectivity index (χ0v) is 19.0. The molecule has 0 spiro atoms. The standard InChI is InChI=1S/C24H25ClN2O7/c1-34-17(13-4-2-6-15(25)10-13)12-26-8-9-27-16-7-3-5-14(11-16)18-20(28)19(24(32)33)22(30)23(31)21(18)29/h2-7,10-11,17,26-31H,8-9,12H2,1H3,(H,32,33). The number of hydrogen-bond acceptors (Lipinski definition) is 8. The second-order valence-corrected chi connectivity index (χ2v) is 7.88. The lowest BCUT2D eigenvalue weighted by atomic mass is 9.98. The van der Waals surface area contributed by atoms with E-state index in [2.05, 4.69) is 10.6 Å². The van der Waals surface area contributed by atoms with Gasteiger partial charge >= 0.3 is 5.97 Å². The summed E-state index contributed by atoms with van der Waals surface area (Å²) >= 11 is 6.04. The fourth-order valence-corrected chi connectivity index (χ4v) is 3.73. The Bertz CT molecular complexity index is 1190. The molecule has 9 nitrogen and oxygen atoms in total. The van der Waals surface area contributed by atoms with Crippen molar-refractivity contribution in [2.75, 3.05) is 32.1 Å². The second kappa shape index (κ2) is 11.0. The van der Waals surface area contributed by atoms with Crippen LogP contribution < -0.4 is 10.6 Å². The van der Waals surface area contributed by atoms with E-state index in [0.717, 1.165) is 5.56 Å². The fraction of sp³-hybridized carbons (Fsp3) is 0.208. The summed E-state index contributed by atoms with van der Waals surface area (Å²) in [7, 11) is 1.62. The van der Waals surface area contributed by atoms with Gasteiger partial charge in [0.2, 0.25) is 5.75 Å². The van der Waals surface area contributed by atoms with Crippen molar-refractivity contribution in [1.29, 1.82) is 0 Å². The highest BCUT2D eigenvalue weighted by Gasteiger charge is 2.28. The Labute approximate surface area is 200 Å². The van der Waals surface area contributed by atoms with Gasteiger partial charge in [-0.05, 0) is 35.4 Å². The third-order valence-electron chi connectivity index (χ3n) is 5.23. The van der Waals surface area contributed by atoms with Crippen LogP contribution in [0.3, 0.4) is 0 Å². The van der Waals surface area contributed by atoms with E-state index < -0.39 is 34.5 Å². The first-order chi connectivity index (χ1) is 16.2. The predicted octanol–water partition coefficient (Wildman–Crippen LogP) is 3.92. The van der Waals surface area contributed by atoms with Crippen LogP contribution in [0, 0.1) is 0 Å². The van der Waals surface area contributed by atoms with Crippen molar-refractivity contribution in [2.24, 2.45) is 0 Å². The van der Waals surface area contributed by atoms with Crippen LogP contribution in [0.1, 0.15) is 22.0 Å². The number of phenols is 4. The number of carboxylic acid groups (broad SMARTS) is 1. The Hall–Kier alpha value is -3.66. The maximum Gasteiger partial charge on any atom is 0.343 e. The second-order valence-electron chi connectivity index (χ2n) is 7.44. The van der Waals surface area contributed by atoms with Crippen LogP contribution >= 0.6 is 11.6 Å². The molecule has 1 atom stereocenters. The third-order valence-corrected chi connectivity index (χ3v) is 5.46. The summed E-state index contributed by atoms with van der Waals surface area (Å²) < 4.78 is 5.52. The molecule has 0 saturated heterocycles. The van der Waals surface area contributed by atoms with E-state index in [0.29, 0.717) is 30.3 Å². The highest BCUT2D eigenvalue weighted by atomic mass is 35.5. The molecular weight excluding hydrogens is 464 g/mol. The molecule has 0 radical (unpaired) electrons. The lowest BCUT2D eigenvalue weighted by molar-refractivity contribution is 0.0689. The molecule has 10 heteroatoms. The Morgan fingerprint density at radius 3 is 2.38 bits per heavy atom. The van der Waals surface area contributed by atoms with E-state index >= 15 is 0 Å². The van der Waals surface area contributed by atoms with Crippen LogP contribution in [0.15, 0.2) is 48.5 Å². The molecule has 0 saturated carbocycles. The molecule has 34 heavy (non-hydrogen) atoms. The van der Waals surface area contributed by atoms with Gasteiger partial charge in [-0.25, -0.2) is 4.79 Å². The number of ether oxygens (including phenoxy) is 1. The van der Waals surface area contributed by atoms with Gasteiger partial charge in [-0.15, -0.1) is 0 Å². The number of carboxylic acids is 1. The molecule has 3 rings (SSSR count). The number of benzene rings is 3. The minimum Gasteiger partial charge on any atom is -0.506 e. The zero-order chi connectivity index (χ0) is 24.8. The van der Waals surface area contributed by atoms with Gasteiger partial charge in [0.05, 0.1) is 11.7 Å². The van der Waals surface area contributed by atoms with Gasteiger partial charge in [-0.2, -0.15) is 0 Å². The van der Waals surface area contributed by atoms with Gasteiger partial charge in [0.15, 0.2) is 11.5 Å². The number of aromatic hydroxyl groups is 4. The molecule has 0 fully saturated rings. The van der Waals surface area contributed by atoms with Gasteiger partial charge < -0.3 is 40.9 Å².